The van der Waals surface area contributed by atoms with Gasteiger partial charge in [0, 0.05) is 6.54 Å². The summed E-state index contributed by atoms with van der Waals surface area (Å²) < 4.78 is 42.1. The summed E-state index contributed by atoms with van der Waals surface area (Å²) in [7, 11) is 0. The van der Waals surface area contributed by atoms with Crippen LogP contribution in [0, 0.1) is 0 Å². The summed E-state index contributed by atoms with van der Waals surface area (Å²) in [5, 5.41) is 0. The highest BCUT2D eigenvalue weighted by Gasteiger charge is 2.29. The molecule has 0 aliphatic carbocycles. The van der Waals surface area contributed by atoms with Crippen LogP contribution in [-0.2, 0) is 6.18 Å². The van der Waals surface area contributed by atoms with Crippen molar-refractivity contribution < 1.29 is 17.9 Å². The number of nitrogens with two attached hydrogens (primary N) is 1. The average molecular weight is 245 g/mol. The van der Waals surface area contributed by atoms with Crippen molar-refractivity contribution in [2.75, 3.05) is 13.2 Å². The molecule has 0 saturated carbocycles. The molecular weight excluding hydrogens is 231 g/mol. The van der Waals surface area contributed by atoms with Gasteiger partial charge >= 0.3 is 6.18 Å². The lowest BCUT2D eigenvalue weighted by molar-refractivity contribution is -0.137. The molecule has 0 radical (unpaired) electrons. The summed E-state index contributed by atoms with van der Waals surface area (Å²) in [5.74, 6) is 0.394. The van der Waals surface area contributed by atoms with E-state index in [1.807, 2.05) is 13.0 Å². The summed E-state index contributed by atoms with van der Waals surface area (Å²) in [5.41, 5.74) is 5.64. The van der Waals surface area contributed by atoms with Gasteiger partial charge in [0.2, 0.25) is 0 Å². The van der Waals surface area contributed by atoms with Gasteiger partial charge in [0.05, 0.1) is 5.56 Å². The van der Waals surface area contributed by atoms with Crippen LogP contribution in [0.2, 0.25) is 0 Å². The standard InChI is InChI=1S/C12H14F3NO/c1-2-9(7-16)8-17-11-5-3-10(4-6-11)12(13,14)15/h2-6H,7-8,16H2,1H3/b9-2+. The highest BCUT2D eigenvalue weighted by Crippen LogP contribution is 2.30. The van der Waals surface area contributed by atoms with E-state index in [1.165, 1.54) is 12.1 Å². The third-order valence-electron chi connectivity index (χ3n) is 2.28. The molecule has 0 spiro atoms. The van der Waals surface area contributed by atoms with Crippen molar-refractivity contribution in [1.29, 1.82) is 0 Å². The summed E-state index contributed by atoms with van der Waals surface area (Å²) in [6.45, 7) is 2.49. The van der Waals surface area contributed by atoms with Gasteiger partial charge in [-0.1, -0.05) is 6.08 Å². The topological polar surface area (TPSA) is 35.2 Å². The van der Waals surface area contributed by atoms with E-state index >= 15 is 0 Å². The van der Waals surface area contributed by atoms with Gasteiger partial charge in [0.15, 0.2) is 0 Å². The van der Waals surface area contributed by atoms with Gasteiger partial charge in [0.25, 0.3) is 0 Å². The second-order valence-corrected chi connectivity index (χ2v) is 3.46. The van der Waals surface area contributed by atoms with Crippen LogP contribution in [-0.4, -0.2) is 13.2 Å². The molecule has 1 aromatic rings. The molecule has 0 aromatic heterocycles. The van der Waals surface area contributed by atoms with E-state index < -0.39 is 11.7 Å². The van der Waals surface area contributed by atoms with Crippen LogP contribution in [0.1, 0.15) is 12.5 Å². The predicted octanol–water partition coefficient (Wildman–Crippen LogP) is 2.99. The van der Waals surface area contributed by atoms with Gasteiger partial charge in [-0.3, -0.25) is 0 Å². The first-order valence-corrected chi connectivity index (χ1v) is 5.11. The molecule has 2 N–H and O–H groups in total. The lowest BCUT2D eigenvalue weighted by Crippen LogP contribution is -2.11. The van der Waals surface area contributed by atoms with Gasteiger partial charge in [-0.15, -0.1) is 0 Å². The third-order valence-corrected chi connectivity index (χ3v) is 2.28. The fourth-order valence-electron chi connectivity index (χ4n) is 1.18. The van der Waals surface area contributed by atoms with Crippen LogP contribution in [0.25, 0.3) is 0 Å². The largest absolute Gasteiger partial charge is 0.489 e. The van der Waals surface area contributed by atoms with Crippen LogP contribution in [0.15, 0.2) is 35.9 Å². The molecule has 0 aliphatic heterocycles. The Morgan fingerprint density at radius 3 is 2.29 bits per heavy atom. The molecule has 5 heteroatoms. The zero-order chi connectivity index (χ0) is 12.9. The van der Waals surface area contributed by atoms with Crippen molar-refractivity contribution in [3.8, 4) is 5.75 Å². The van der Waals surface area contributed by atoms with Crippen molar-refractivity contribution >= 4 is 0 Å². The molecule has 0 heterocycles. The number of benzene rings is 1. The van der Waals surface area contributed by atoms with E-state index in [9.17, 15) is 13.2 Å². The van der Waals surface area contributed by atoms with E-state index in [0.29, 0.717) is 18.9 Å². The second kappa shape index (κ2) is 5.72. The number of allylic oxidation sites excluding steroid dienone is 1. The van der Waals surface area contributed by atoms with Crippen molar-refractivity contribution in [1.82, 2.24) is 0 Å². The molecule has 0 amide bonds. The van der Waals surface area contributed by atoms with Crippen LogP contribution >= 0.6 is 0 Å². The van der Waals surface area contributed by atoms with Crippen LogP contribution in [0.5, 0.6) is 5.75 Å². The number of hydrogen-bond donors (Lipinski definition) is 1. The smallest absolute Gasteiger partial charge is 0.416 e. The number of ether oxygens (including phenoxy) is 1. The van der Waals surface area contributed by atoms with Crippen molar-refractivity contribution in [2.45, 2.75) is 13.1 Å². The van der Waals surface area contributed by atoms with Gasteiger partial charge in [-0.05, 0) is 36.8 Å². The fourth-order valence-corrected chi connectivity index (χ4v) is 1.18. The maximum Gasteiger partial charge on any atom is 0.416 e. The minimum Gasteiger partial charge on any atom is -0.489 e. The molecule has 0 bridgehead atoms. The first-order chi connectivity index (χ1) is 7.97. The lowest BCUT2D eigenvalue weighted by Gasteiger charge is -2.10. The highest BCUT2D eigenvalue weighted by atomic mass is 19.4. The maximum atomic E-state index is 12.3. The SMILES string of the molecule is C/C=C(\CN)COc1ccc(C(F)(F)F)cc1. The molecule has 0 unspecified atom stereocenters. The Kier molecular flexibility index (Phi) is 4.57. The summed E-state index contributed by atoms with van der Waals surface area (Å²) in [4.78, 5) is 0. The molecule has 94 valence electrons. The maximum absolute atomic E-state index is 12.3. The van der Waals surface area contributed by atoms with E-state index in [2.05, 4.69) is 0 Å². The van der Waals surface area contributed by atoms with Gasteiger partial charge in [-0.2, -0.15) is 13.2 Å². The average Bonchev–Trinajstić information content (AvgIpc) is 2.30. The molecule has 0 aliphatic rings. The van der Waals surface area contributed by atoms with Gasteiger partial charge in [0.1, 0.15) is 12.4 Å². The van der Waals surface area contributed by atoms with Crippen molar-refractivity contribution in [3.63, 3.8) is 0 Å². The monoisotopic (exact) mass is 245 g/mol. The van der Waals surface area contributed by atoms with Crippen LogP contribution < -0.4 is 10.5 Å². The normalized spacial score (nSPS) is 12.6. The zero-order valence-corrected chi connectivity index (χ0v) is 9.42. The summed E-state index contributed by atoms with van der Waals surface area (Å²) in [6, 6.07) is 4.58. The Morgan fingerprint density at radius 1 is 1.29 bits per heavy atom. The van der Waals surface area contributed by atoms with E-state index in [1.54, 1.807) is 0 Å². The Morgan fingerprint density at radius 2 is 1.88 bits per heavy atom. The summed E-state index contributed by atoms with van der Waals surface area (Å²) >= 11 is 0. The van der Waals surface area contributed by atoms with Gasteiger partial charge in [-0.25, -0.2) is 0 Å². The molecular formula is C12H14F3NO. The second-order valence-electron chi connectivity index (χ2n) is 3.46. The molecule has 0 fully saturated rings. The molecule has 17 heavy (non-hydrogen) atoms. The number of halogens is 3. The van der Waals surface area contributed by atoms with Crippen LogP contribution in [0.4, 0.5) is 13.2 Å². The molecule has 2 nitrogen and oxygen atoms in total. The number of alkyl halides is 3. The molecule has 1 rings (SSSR count). The van der Waals surface area contributed by atoms with E-state index in [0.717, 1.165) is 17.7 Å². The quantitative estimate of drug-likeness (QED) is 0.827. The predicted molar refractivity (Wildman–Crippen MR) is 59.8 cm³/mol. The zero-order valence-electron chi connectivity index (χ0n) is 9.42. The van der Waals surface area contributed by atoms with Crippen molar-refractivity contribution in [2.24, 2.45) is 5.73 Å². The van der Waals surface area contributed by atoms with Crippen LogP contribution in [0.3, 0.4) is 0 Å². The fraction of sp³-hybridized carbons (Fsp3) is 0.333. The molecule has 0 atom stereocenters. The highest BCUT2D eigenvalue weighted by molar-refractivity contribution is 5.29. The van der Waals surface area contributed by atoms with Gasteiger partial charge < -0.3 is 10.5 Å². The first kappa shape index (κ1) is 13.6. The van der Waals surface area contributed by atoms with E-state index in [-0.39, 0.29) is 0 Å². The summed E-state index contributed by atoms with van der Waals surface area (Å²) in [6.07, 6.45) is -2.49. The van der Waals surface area contributed by atoms with E-state index in [4.69, 9.17) is 10.5 Å². The Bertz CT molecular complexity index is 382. The molecule has 0 saturated heterocycles. The minimum absolute atomic E-state index is 0.290. The Labute approximate surface area is 97.9 Å². The Balaban J connectivity index is 2.63. The lowest BCUT2D eigenvalue weighted by atomic mass is 10.2. The number of hydrogen-bond acceptors (Lipinski definition) is 2. The minimum atomic E-state index is -4.32. The molecule has 1 aromatic carbocycles. The third kappa shape index (κ3) is 4.11. The number of rotatable bonds is 4. The Hall–Kier alpha value is -1.49. The van der Waals surface area contributed by atoms with Crippen molar-refractivity contribution in [3.05, 3.63) is 41.5 Å². The first-order valence-electron chi connectivity index (χ1n) is 5.11.